The number of benzene rings is 1. The third-order valence-corrected chi connectivity index (χ3v) is 3.75. The van der Waals surface area contributed by atoms with Gasteiger partial charge in [0.05, 0.1) is 0 Å². The second kappa shape index (κ2) is 7.05. The fourth-order valence-electron chi connectivity index (χ4n) is 2.02. The van der Waals surface area contributed by atoms with Gasteiger partial charge >= 0.3 is 0 Å². The Hall–Kier alpha value is -1.39. The molecule has 0 aliphatic rings. The number of hydrogen-bond donors (Lipinski definition) is 0. The molecule has 0 saturated heterocycles. The molecule has 0 bridgehead atoms. The fourth-order valence-corrected chi connectivity index (χ4v) is 2.88. The molecule has 1 heterocycles. The van der Waals surface area contributed by atoms with Gasteiger partial charge < -0.3 is 4.90 Å². The SMILES string of the molecule is CC(C)N(Cc1cccnc1)C(=O)c1cc(Cl)cc(Br)c1. The molecule has 0 saturated carbocycles. The van der Waals surface area contributed by atoms with Gasteiger partial charge in [-0.05, 0) is 43.7 Å². The lowest BCUT2D eigenvalue weighted by molar-refractivity contribution is 0.0690. The lowest BCUT2D eigenvalue weighted by Gasteiger charge is -2.27. The minimum atomic E-state index is -0.0444. The number of nitrogens with zero attached hydrogens (tertiary/aromatic N) is 2. The first-order chi connectivity index (χ1) is 9.97. The summed E-state index contributed by atoms with van der Waals surface area (Å²) in [5.41, 5.74) is 1.58. The number of rotatable bonds is 4. The molecule has 0 atom stereocenters. The number of aromatic nitrogens is 1. The number of pyridine rings is 1. The lowest BCUT2D eigenvalue weighted by atomic mass is 10.1. The summed E-state index contributed by atoms with van der Waals surface area (Å²) in [6.07, 6.45) is 3.50. The zero-order valence-electron chi connectivity index (χ0n) is 11.9. The van der Waals surface area contributed by atoms with E-state index in [1.807, 2.05) is 26.0 Å². The van der Waals surface area contributed by atoms with E-state index in [0.717, 1.165) is 10.0 Å². The van der Waals surface area contributed by atoms with Crippen molar-refractivity contribution >= 4 is 33.4 Å². The van der Waals surface area contributed by atoms with Crippen molar-refractivity contribution in [3.8, 4) is 0 Å². The number of amides is 1. The Morgan fingerprint density at radius 1 is 1.38 bits per heavy atom. The van der Waals surface area contributed by atoms with Crippen molar-refractivity contribution < 1.29 is 4.79 Å². The molecule has 1 aromatic carbocycles. The van der Waals surface area contributed by atoms with Gasteiger partial charge in [0.2, 0.25) is 0 Å². The zero-order valence-corrected chi connectivity index (χ0v) is 14.2. The van der Waals surface area contributed by atoms with Crippen LogP contribution in [0.5, 0.6) is 0 Å². The molecule has 5 heteroatoms. The molecule has 2 rings (SSSR count). The second-order valence-electron chi connectivity index (χ2n) is 5.05. The Kier molecular flexibility index (Phi) is 5.37. The maximum atomic E-state index is 12.7. The van der Waals surface area contributed by atoms with Crippen molar-refractivity contribution in [2.24, 2.45) is 0 Å². The van der Waals surface area contributed by atoms with E-state index in [1.165, 1.54) is 0 Å². The van der Waals surface area contributed by atoms with Crippen LogP contribution in [0.4, 0.5) is 0 Å². The van der Waals surface area contributed by atoms with Gasteiger partial charge in [0.15, 0.2) is 0 Å². The Balaban J connectivity index is 2.27. The first-order valence-electron chi connectivity index (χ1n) is 6.63. The van der Waals surface area contributed by atoms with Crippen LogP contribution >= 0.6 is 27.5 Å². The average Bonchev–Trinajstić information content (AvgIpc) is 2.44. The molecule has 0 aliphatic carbocycles. The van der Waals surface area contributed by atoms with E-state index in [4.69, 9.17) is 11.6 Å². The largest absolute Gasteiger partial charge is 0.332 e. The minimum Gasteiger partial charge on any atom is -0.332 e. The van der Waals surface area contributed by atoms with Gasteiger partial charge in [0.25, 0.3) is 5.91 Å². The van der Waals surface area contributed by atoms with Crippen LogP contribution in [0.15, 0.2) is 47.2 Å². The Morgan fingerprint density at radius 2 is 2.14 bits per heavy atom. The van der Waals surface area contributed by atoms with E-state index < -0.39 is 0 Å². The summed E-state index contributed by atoms with van der Waals surface area (Å²) in [5, 5.41) is 0.540. The monoisotopic (exact) mass is 366 g/mol. The van der Waals surface area contributed by atoms with Crippen LogP contribution in [0.2, 0.25) is 5.02 Å². The number of hydrogen-bond acceptors (Lipinski definition) is 2. The van der Waals surface area contributed by atoms with Crippen LogP contribution in [0.1, 0.15) is 29.8 Å². The van der Waals surface area contributed by atoms with Gasteiger partial charge in [-0.25, -0.2) is 0 Å². The minimum absolute atomic E-state index is 0.0444. The number of carbonyl (C=O) groups excluding carboxylic acids is 1. The highest BCUT2D eigenvalue weighted by Gasteiger charge is 2.20. The first kappa shape index (κ1) is 16.0. The third-order valence-electron chi connectivity index (χ3n) is 3.07. The van der Waals surface area contributed by atoms with Crippen molar-refractivity contribution in [3.63, 3.8) is 0 Å². The van der Waals surface area contributed by atoms with Crippen LogP contribution in [0.25, 0.3) is 0 Å². The van der Waals surface area contributed by atoms with Crippen molar-refractivity contribution in [2.75, 3.05) is 0 Å². The number of carbonyl (C=O) groups is 1. The van der Waals surface area contributed by atoms with Gasteiger partial charge in [0.1, 0.15) is 0 Å². The Bertz CT molecular complexity index is 611. The number of halogens is 2. The summed E-state index contributed by atoms with van der Waals surface area (Å²) in [7, 11) is 0. The topological polar surface area (TPSA) is 33.2 Å². The van der Waals surface area contributed by atoms with E-state index >= 15 is 0 Å². The predicted octanol–water partition coefficient (Wildman–Crippen LogP) is 4.55. The van der Waals surface area contributed by atoms with E-state index in [0.29, 0.717) is 17.1 Å². The maximum absolute atomic E-state index is 12.7. The standard InChI is InChI=1S/C16H16BrClN2O/c1-11(2)20(10-12-4-3-5-19-9-12)16(21)13-6-14(17)8-15(18)7-13/h3-9,11H,10H2,1-2H3. The Labute approximate surface area is 138 Å². The average molecular weight is 368 g/mol. The quantitative estimate of drug-likeness (QED) is 0.794. The normalized spacial score (nSPS) is 10.7. The summed E-state index contributed by atoms with van der Waals surface area (Å²) in [6, 6.07) is 9.15. The molecule has 21 heavy (non-hydrogen) atoms. The summed E-state index contributed by atoms with van der Waals surface area (Å²) >= 11 is 9.40. The molecular weight excluding hydrogens is 352 g/mol. The molecule has 1 amide bonds. The predicted molar refractivity (Wildman–Crippen MR) is 88.4 cm³/mol. The molecule has 3 nitrogen and oxygen atoms in total. The van der Waals surface area contributed by atoms with Gasteiger partial charge in [-0.15, -0.1) is 0 Å². The van der Waals surface area contributed by atoms with E-state index in [1.54, 1.807) is 35.5 Å². The summed E-state index contributed by atoms with van der Waals surface area (Å²) in [4.78, 5) is 18.6. The van der Waals surface area contributed by atoms with E-state index in [-0.39, 0.29) is 11.9 Å². The Morgan fingerprint density at radius 3 is 2.71 bits per heavy atom. The van der Waals surface area contributed by atoms with Crippen LogP contribution < -0.4 is 0 Å². The summed E-state index contributed by atoms with van der Waals surface area (Å²) in [6.45, 7) is 4.51. The molecule has 0 radical (unpaired) electrons. The highest BCUT2D eigenvalue weighted by Crippen LogP contribution is 2.22. The lowest BCUT2D eigenvalue weighted by Crippen LogP contribution is -2.36. The molecule has 1 aromatic heterocycles. The summed E-state index contributed by atoms with van der Waals surface area (Å²) < 4.78 is 0.795. The molecule has 0 N–H and O–H groups in total. The molecule has 0 unspecified atom stereocenters. The van der Waals surface area contributed by atoms with Crippen molar-refractivity contribution in [1.82, 2.24) is 9.88 Å². The van der Waals surface area contributed by atoms with Crippen molar-refractivity contribution in [2.45, 2.75) is 26.4 Å². The molecular formula is C16H16BrClN2O. The third kappa shape index (κ3) is 4.29. The molecule has 0 spiro atoms. The molecule has 0 fully saturated rings. The van der Waals surface area contributed by atoms with E-state index in [9.17, 15) is 4.79 Å². The summed E-state index contributed by atoms with van der Waals surface area (Å²) in [5.74, 6) is -0.0444. The maximum Gasteiger partial charge on any atom is 0.254 e. The van der Waals surface area contributed by atoms with Gasteiger partial charge in [-0.3, -0.25) is 9.78 Å². The van der Waals surface area contributed by atoms with Gasteiger partial charge in [-0.2, -0.15) is 0 Å². The molecule has 2 aromatic rings. The van der Waals surface area contributed by atoms with E-state index in [2.05, 4.69) is 20.9 Å². The van der Waals surface area contributed by atoms with Crippen LogP contribution in [-0.4, -0.2) is 21.8 Å². The van der Waals surface area contributed by atoms with Crippen molar-refractivity contribution in [3.05, 3.63) is 63.3 Å². The van der Waals surface area contributed by atoms with Gasteiger partial charge in [-0.1, -0.05) is 33.6 Å². The van der Waals surface area contributed by atoms with Crippen molar-refractivity contribution in [1.29, 1.82) is 0 Å². The van der Waals surface area contributed by atoms with Crippen LogP contribution in [0.3, 0.4) is 0 Å². The zero-order chi connectivity index (χ0) is 15.4. The second-order valence-corrected chi connectivity index (χ2v) is 6.40. The highest BCUT2D eigenvalue weighted by molar-refractivity contribution is 9.10. The highest BCUT2D eigenvalue weighted by atomic mass is 79.9. The van der Waals surface area contributed by atoms with Gasteiger partial charge in [0, 0.05) is 40.0 Å². The molecule has 110 valence electrons. The fraction of sp³-hybridized carbons (Fsp3) is 0.250. The molecule has 0 aliphatic heterocycles. The smallest absolute Gasteiger partial charge is 0.254 e. The first-order valence-corrected chi connectivity index (χ1v) is 7.80. The van der Waals surface area contributed by atoms with Crippen LogP contribution in [-0.2, 0) is 6.54 Å². The van der Waals surface area contributed by atoms with Crippen LogP contribution in [0, 0.1) is 0 Å².